The van der Waals surface area contributed by atoms with Crippen molar-refractivity contribution < 1.29 is 9.90 Å². The van der Waals surface area contributed by atoms with Gasteiger partial charge in [-0.05, 0) is 79.6 Å². The molecule has 0 aliphatic carbocycles. The molecule has 0 spiro atoms. The number of piperidine rings is 1. The van der Waals surface area contributed by atoms with Crippen LogP contribution in [0, 0.1) is 5.92 Å². The molecule has 6 nitrogen and oxygen atoms in total. The van der Waals surface area contributed by atoms with Gasteiger partial charge in [0.2, 0.25) is 0 Å². The van der Waals surface area contributed by atoms with Gasteiger partial charge in [-0.1, -0.05) is 26.0 Å². The lowest BCUT2D eigenvalue weighted by Gasteiger charge is -2.39. The number of aliphatic hydroxyl groups is 1. The number of anilines is 2. The number of nitrogens with zero attached hydrogens (tertiary/aromatic N) is 2. The lowest BCUT2D eigenvalue weighted by atomic mass is 9.84. The molecule has 168 valence electrons. The number of para-hydroxylation sites is 1. The quantitative estimate of drug-likeness (QED) is 0.460. The third-order valence-electron chi connectivity index (χ3n) is 5.89. The normalized spacial score (nSPS) is 15.8. The average molecular weight is 451 g/mol. The van der Waals surface area contributed by atoms with Crippen molar-refractivity contribution in [1.29, 1.82) is 0 Å². The van der Waals surface area contributed by atoms with Crippen molar-refractivity contribution in [3.05, 3.63) is 60.2 Å². The first-order chi connectivity index (χ1) is 15.3. The maximum absolute atomic E-state index is 12.9. The number of fused-ring (bicyclic) bond motifs is 1. The molecule has 0 atom stereocenters. The lowest BCUT2D eigenvalue weighted by Crippen LogP contribution is -2.47. The predicted octanol–water partition coefficient (Wildman–Crippen LogP) is 4.95. The maximum atomic E-state index is 12.9. The highest BCUT2D eigenvalue weighted by atomic mass is 32.2. The number of benzene rings is 2. The van der Waals surface area contributed by atoms with E-state index in [0.717, 1.165) is 27.9 Å². The molecule has 1 saturated heterocycles. The first-order valence-electron chi connectivity index (χ1n) is 11.0. The van der Waals surface area contributed by atoms with Crippen molar-refractivity contribution in [3.63, 3.8) is 0 Å². The molecule has 0 saturated carbocycles. The Labute approximate surface area is 193 Å². The van der Waals surface area contributed by atoms with Gasteiger partial charge in [-0.2, -0.15) is 0 Å². The molecule has 1 fully saturated rings. The minimum absolute atomic E-state index is 0.0181. The molecular formula is C25H30N4O2S. The number of hydrogen-bond donors (Lipinski definition) is 3. The highest BCUT2D eigenvalue weighted by Crippen LogP contribution is 2.30. The number of likely N-dealkylation sites (tertiary alicyclic amines) is 1. The second kappa shape index (κ2) is 9.38. The van der Waals surface area contributed by atoms with Crippen molar-refractivity contribution in [2.75, 3.05) is 23.5 Å². The Balaban J connectivity index is 1.37. The number of amides is 1. The summed E-state index contributed by atoms with van der Waals surface area (Å²) in [6.45, 7) is 5.43. The van der Waals surface area contributed by atoms with Crippen LogP contribution >= 0.6 is 11.9 Å². The molecular weight excluding hydrogens is 420 g/mol. The fraction of sp³-hybridized carbons (Fsp3) is 0.360. The standard InChI is InChI=1S/C25H30N4O2S/c1-17(2)16-25(31)12-14-29(15-13-25)24(30)19-6-9-20(10-7-19)28-32-21-5-3-4-18-8-11-22(26)27-23(18)21/h3-11,17,28,31H,12-16H2,1-2H3,(H2,26,27). The van der Waals surface area contributed by atoms with Crippen LogP contribution in [0.1, 0.15) is 43.5 Å². The predicted molar refractivity (Wildman–Crippen MR) is 132 cm³/mol. The number of nitrogens with one attached hydrogen (secondary N) is 1. The molecule has 0 radical (unpaired) electrons. The molecule has 4 N–H and O–H groups in total. The number of hydrogen-bond acceptors (Lipinski definition) is 6. The van der Waals surface area contributed by atoms with E-state index < -0.39 is 5.60 Å². The number of aromatic nitrogens is 1. The molecule has 1 amide bonds. The van der Waals surface area contributed by atoms with Crippen LogP contribution in [0.5, 0.6) is 0 Å². The van der Waals surface area contributed by atoms with Crippen LogP contribution in [0.25, 0.3) is 10.9 Å². The van der Waals surface area contributed by atoms with Crippen molar-refractivity contribution >= 4 is 40.3 Å². The van der Waals surface area contributed by atoms with Crippen LogP contribution in [0.4, 0.5) is 11.5 Å². The van der Waals surface area contributed by atoms with Crippen LogP contribution in [-0.4, -0.2) is 39.6 Å². The van der Waals surface area contributed by atoms with Gasteiger partial charge in [0.05, 0.1) is 16.0 Å². The van der Waals surface area contributed by atoms with Gasteiger partial charge in [0, 0.05) is 29.7 Å². The van der Waals surface area contributed by atoms with Crippen LogP contribution in [0.15, 0.2) is 59.5 Å². The monoisotopic (exact) mass is 450 g/mol. The van der Waals surface area contributed by atoms with Crippen molar-refractivity contribution in [2.45, 2.75) is 43.6 Å². The summed E-state index contributed by atoms with van der Waals surface area (Å²) in [6, 6.07) is 17.3. The van der Waals surface area contributed by atoms with E-state index in [1.165, 1.54) is 11.9 Å². The zero-order valence-corrected chi connectivity index (χ0v) is 19.4. The molecule has 4 rings (SSSR count). The van der Waals surface area contributed by atoms with Gasteiger partial charge >= 0.3 is 0 Å². The van der Waals surface area contributed by atoms with Gasteiger partial charge in [-0.15, -0.1) is 0 Å². The molecule has 3 aromatic rings. The Morgan fingerprint density at radius 3 is 2.56 bits per heavy atom. The number of nitrogens with two attached hydrogens (primary N) is 1. The van der Waals surface area contributed by atoms with E-state index in [2.05, 4.69) is 23.6 Å². The van der Waals surface area contributed by atoms with Crippen LogP contribution in [-0.2, 0) is 0 Å². The first kappa shape index (κ1) is 22.4. The number of nitrogen functional groups attached to an aromatic ring is 1. The van der Waals surface area contributed by atoms with Gasteiger partial charge in [-0.25, -0.2) is 4.98 Å². The lowest BCUT2D eigenvalue weighted by molar-refractivity contribution is -0.0311. The van der Waals surface area contributed by atoms with Crippen LogP contribution in [0.2, 0.25) is 0 Å². The Morgan fingerprint density at radius 1 is 1.16 bits per heavy atom. The molecule has 0 unspecified atom stereocenters. The fourth-order valence-electron chi connectivity index (χ4n) is 4.28. The first-order valence-corrected chi connectivity index (χ1v) is 11.8. The van der Waals surface area contributed by atoms with Crippen molar-refractivity contribution in [3.8, 4) is 0 Å². The van der Waals surface area contributed by atoms with Crippen molar-refractivity contribution in [1.82, 2.24) is 9.88 Å². The van der Waals surface area contributed by atoms with Gasteiger partial charge in [0.25, 0.3) is 5.91 Å². The highest BCUT2D eigenvalue weighted by molar-refractivity contribution is 8.00. The molecule has 1 aromatic heterocycles. The highest BCUT2D eigenvalue weighted by Gasteiger charge is 2.34. The Hall–Kier alpha value is -2.77. The van der Waals surface area contributed by atoms with E-state index in [1.54, 1.807) is 6.07 Å². The fourth-order valence-corrected chi connectivity index (χ4v) is 5.06. The molecule has 2 heterocycles. The second-order valence-electron chi connectivity index (χ2n) is 8.96. The van der Waals surface area contributed by atoms with Crippen LogP contribution < -0.4 is 10.5 Å². The van der Waals surface area contributed by atoms with E-state index in [9.17, 15) is 9.90 Å². The molecule has 1 aliphatic heterocycles. The summed E-state index contributed by atoms with van der Waals surface area (Å²) in [6.07, 6.45) is 2.05. The Bertz CT molecular complexity index is 1090. The number of carbonyl (C=O) groups is 1. The summed E-state index contributed by atoms with van der Waals surface area (Å²) in [5, 5.41) is 11.8. The molecule has 0 bridgehead atoms. The van der Waals surface area contributed by atoms with Gasteiger partial charge in [0.1, 0.15) is 5.82 Å². The third-order valence-corrected chi connectivity index (χ3v) is 6.77. The van der Waals surface area contributed by atoms with E-state index in [-0.39, 0.29) is 5.91 Å². The van der Waals surface area contributed by atoms with Crippen molar-refractivity contribution in [2.24, 2.45) is 5.92 Å². The average Bonchev–Trinajstić information content (AvgIpc) is 2.77. The summed E-state index contributed by atoms with van der Waals surface area (Å²) in [5.74, 6) is 0.959. The SMILES string of the molecule is CC(C)CC1(O)CCN(C(=O)c2ccc(NSc3cccc4ccc(N)nc34)cc2)CC1. The van der Waals surface area contributed by atoms with E-state index in [0.29, 0.717) is 43.2 Å². The van der Waals surface area contributed by atoms with Gasteiger partial charge < -0.3 is 20.5 Å². The smallest absolute Gasteiger partial charge is 0.253 e. The summed E-state index contributed by atoms with van der Waals surface area (Å²) in [7, 11) is 0. The minimum atomic E-state index is -0.642. The number of carbonyl (C=O) groups excluding carboxylic acids is 1. The van der Waals surface area contributed by atoms with Gasteiger partial charge in [-0.3, -0.25) is 4.79 Å². The Morgan fingerprint density at radius 2 is 1.88 bits per heavy atom. The topological polar surface area (TPSA) is 91.5 Å². The van der Waals surface area contributed by atoms with E-state index in [1.807, 2.05) is 53.4 Å². The zero-order chi connectivity index (χ0) is 22.7. The van der Waals surface area contributed by atoms with Gasteiger partial charge in [0.15, 0.2) is 0 Å². The summed E-state index contributed by atoms with van der Waals surface area (Å²) in [4.78, 5) is 20.2. The third kappa shape index (κ3) is 5.16. The Kier molecular flexibility index (Phi) is 6.58. The number of rotatable bonds is 6. The summed E-state index contributed by atoms with van der Waals surface area (Å²) in [5.41, 5.74) is 7.63. The summed E-state index contributed by atoms with van der Waals surface area (Å²) < 4.78 is 3.33. The van der Waals surface area contributed by atoms with E-state index >= 15 is 0 Å². The number of pyridine rings is 1. The van der Waals surface area contributed by atoms with Crippen LogP contribution in [0.3, 0.4) is 0 Å². The molecule has 2 aromatic carbocycles. The molecule has 7 heteroatoms. The zero-order valence-electron chi connectivity index (χ0n) is 18.5. The molecule has 1 aliphatic rings. The largest absolute Gasteiger partial charge is 0.390 e. The maximum Gasteiger partial charge on any atom is 0.253 e. The second-order valence-corrected chi connectivity index (χ2v) is 9.81. The van der Waals surface area contributed by atoms with E-state index in [4.69, 9.17) is 5.73 Å². The summed E-state index contributed by atoms with van der Waals surface area (Å²) >= 11 is 1.47. The molecule has 32 heavy (non-hydrogen) atoms. The minimum Gasteiger partial charge on any atom is -0.390 e.